The van der Waals surface area contributed by atoms with Gasteiger partial charge in [-0.05, 0) is 49.7 Å². The topological polar surface area (TPSA) is 54.7 Å². The average Bonchev–Trinajstić information content (AvgIpc) is 2.57. The molecule has 0 atom stereocenters. The van der Waals surface area contributed by atoms with E-state index in [2.05, 4.69) is 16.7 Å². The lowest BCUT2D eigenvalue weighted by Crippen LogP contribution is -1.99. The second kappa shape index (κ2) is 4.34. The van der Waals surface area contributed by atoms with Gasteiger partial charge in [0, 0.05) is 22.8 Å². The van der Waals surface area contributed by atoms with Gasteiger partial charge in [0.2, 0.25) is 0 Å². The molecule has 0 unspecified atom stereocenters. The molecule has 0 aliphatic heterocycles. The third kappa shape index (κ3) is 2.02. The number of nitrogens with zero attached hydrogens (tertiary/aromatic N) is 2. The van der Waals surface area contributed by atoms with Crippen LogP contribution in [0.2, 0.25) is 0 Å². The molecule has 0 saturated heterocycles. The molecule has 86 valence electrons. The van der Waals surface area contributed by atoms with Gasteiger partial charge in [0.05, 0.1) is 12.5 Å². The maximum Gasteiger partial charge on any atom is 0.0670 e. The average molecular weight is 225 g/mol. The molecule has 2 N–H and O–H groups in total. The summed E-state index contributed by atoms with van der Waals surface area (Å²) in [4.78, 5) is 0. The minimum Gasteiger partial charge on any atom is -0.399 e. The molecule has 0 spiro atoms. The highest BCUT2D eigenvalue weighted by atomic mass is 15.0. The first-order valence-corrected chi connectivity index (χ1v) is 5.54. The Morgan fingerprint density at radius 1 is 1.24 bits per heavy atom. The van der Waals surface area contributed by atoms with Crippen LogP contribution in [0, 0.1) is 25.2 Å². The number of anilines is 1. The van der Waals surface area contributed by atoms with Crippen molar-refractivity contribution >= 4 is 5.69 Å². The fourth-order valence-electron chi connectivity index (χ4n) is 2.11. The first-order valence-electron chi connectivity index (χ1n) is 5.54. The van der Waals surface area contributed by atoms with E-state index < -0.39 is 0 Å². The van der Waals surface area contributed by atoms with Gasteiger partial charge in [-0.2, -0.15) is 5.26 Å². The normalized spacial score (nSPS) is 10.2. The minimum absolute atomic E-state index is 0.453. The molecule has 0 bridgehead atoms. The Bertz CT molecular complexity index is 571. The minimum atomic E-state index is 0.453. The van der Waals surface area contributed by atoms with E-state index in [4.69, 9.17) is 11.0 Å². The lowest BCUT2D eigenvalue weighted by Gasteiger charge is -2.09. The van der Waals surface area contributed by atoms with Crippen molar-refractivity contribution in [2.24, 2.45) is 0 Å². The standard InChI is InChI=1S/C14H15N3/c1-10-9-12(7-8-15)11(2)17(10)14-5-3-13(16)4-6-14/h3-6,9H,7,16H2,1-2H3. The van der Waals surface area contributed by atoms with Crippen LogP contribution in [0.15, 0.2) is 30.3 Å². The van der Waals surface area contributed by atoms with Crippen LogP contribution in [0.4, 0.5) is 5.69 Å². The monoisotopic (exact) mass is 225 g/mol. The highest BCUT2D eigenvalue weighted by Gasteiger charge is 2.09. The van der Waals surface area contributed by atoms with Gasteiger partial charge in [0.25, 0.3) is 0 Å². The Hall–Kier alpha value is -2.21. The van der Waals surface area contributed by atoms with Crippen molar-refractivity contribution in [2.45, 2.75) is 20.3 Å². The summed E-state index contributed by atoms with van der Waals surface area (Å²) in [7, 11) is 0. The summed E-state index contributed by atoms with van der Waals surface area (Å²) in [6.45, 7) is 4.08. The third-order valence-electron chi connectivity index (χ3n) is 2.96. The number of nitrogen functional groups attached to an aromatic ring is 1. The van der Waals surface area contributed by atoms with Crippen molar-refractivity contribution in [1.82, 2.24) is 4.57 Å². The summed E-state index contributed by atoms with van der Waals surface area (Å²) < 4.78 is 2.14. The highest BCUT2D eigenvalue weighted by Crippen LogP contribution is 2.21. The van der Waals surface area contributed by atoms with Crippen LogP contribution in [0.1, 0.15) is 17.0 Å². The molecular weight excluding hydrogens is 210 g/mol. The second-order valence-corrected chi connectivity index (χ2v) is 4.16. The molecule has 17 heavy (non-hydrogen) atoms. The zero-order chi connectivity index (χ0) is 12.4. The molecule has 1 aromatic heterocycles. The van der Waals surface area contributed by atoms with Crippen LogP contribution in [-0.2, 0) is 6.42 Å². The second-order valence-electron chi connectivity index (χ2n) is 4.16. The van der Waals surface area contributed by atoms with Crippen LogP contribution in [0.25, 0.3) is 5.69 Å². The Kier molecular flexibility index (Phi) is 2.88. The van der Waals surface area contributed by atoms with Gasteiger partial charge in [-0.25, -0.2) is 0 Å². The molecule has 0 amide bonds. The summed E-state index contributed by atoms with van der Waals surface area (Å²) in [6.07, 6.45) is 0.453. The molecule has 1 aromatic carbocycles. The van der Waals surface area contributed by atoms with Gasteiger partial charge in [-0.3, -0.25) is 0 Å². The first kappa shape index (κ1) is 11.3. The van der Waals surface area contributed by atoms with E-state index in [0.29, 0.717) is 6.42 Å². The molecule has 2 rings (SSSR count). The van der Waals surface area contributed by atoms with Crippen LogP contribution in [0.3, 0.4) is 0 Å². The smallest absolute Gasteiger partial charge is 0.0670 e. The van der Waals surface area contributed by atoms with Crippen molar-refractivity contribution in [3.8, 4) is 11.8 Å². The van der Waals surface area contributed by atoms with E-state index in [1.54, 1.807) is 0 Å². The molecule has 0 aliphatic carbocycles. The van der Waals surface area contributed by atoms with Crippen LogP contribution < -0.4 is 5.73 Å². The van der Waals surface area contributed by atoms with Gasteiger partial charge in [0.1, 0.15) is 0 Å². The quantitative estimate of drug-likeness (QED) is 0.799. The molecule has 0 radical (unpaired) electrons. The van der Waals surface area contributed by atoms with Gasteiger partial charge in [-0.1, -0.05) is 0 Å². The Labute approximate surface area is 101 Å². The molecule has 0 saturated carbocycles. The van der Waals surface area contributed by atoms with Crippen molar-refractivity contribution in [2.75, 3.05) is 5.73 Å². The van der Waals surface area contributed by atoms with Crippen molar-refractivity contribution < 1.29 is 0 Å². The van der Waals surface area contributed by atoms with Crippen molar-refractivity contribution in [3.63, 3.8) is 0 Å². The van der Waals surface area contributed by atoms with Gasteiger partial charge < -0.3 is 10.3 Å². The number of benzene rings is 1. The number of hydrogen-bond donors (Lipinski definition) is 1. The molecule has 0 fully saturated rings. The Morgan fingerprint density at radius 3 is 2.47 bits per heavy atom. The van der Waals surface area contributed by atoms with Crippen molar-refractivity contribution in [1.29, 1.82) is 5.26 Å². The SMILES string of the molecule is Cc1cc(CC#N)c(C)n1-c1ccc(N)cc1. The summed E-state index contributed by atoms with van der Waals surface area (Å²) in [5, 5.41) is 8.78. The lowest BCUT2D eigenvalue weighted by atomic mass is 10.2. The summed E-state index contributed by atoms with van der Waals surface area (Å²) >= 11 is 0. The van der Waals surface area contributed by atoms with E-state index in [0.717, 1.165) is 28.3 Å². The van der Waals surface area contributed by atoms with Crippen LogP contribution >= 0.6 is 0 Å². The molecule has 0 aliphatic rings. The number of hydrogen-bond acceptors (Lipinski definition) is 2. The van der Waals surface area contributed by atoms with Crippen LogP contribution in [-0.4, -0.2) is 4.57 Å². The summed E-state index contributed by atoms with van der Waals surface area (Å²) in [5.74, 6) is 0. The fraction of sp³-hybridized carbons (Fsp3) is 0.214. The zero-order valence-corrected chi connectivity index (χ0v) is 10.1. The molecular formula is C14H15N3. The van der Waals surface area contributed by atoms with Crippen molar-refractivity contribution in [3.05, 3.63) is 47.3 Å². The lowest BCUT2D eigenvalue weighted by molar-refractivity contribution is 0.956. The zero-order valence-electron chi connectivity index (χ0n) is 10.1. The summed E-state index contributed by atoms with van der Waals surface area (Å²) in [6, 6.07) is 12.0. The van der Waals surface area contributed by atoms with Gasteiger partial charge >= 0.3 is 0 Å². The highest BCUT2D eigenvalue weighted by molar-refractivity contribution is 5.48. The van der Waals surface area contributed by atoms with E-state index in [-0.39, 0.29) is 0 Å². The third-order valence-corrected chi connectivity index (χ3v) is 2.96. The maximum absolute atomic E-state index is 8.78. The van der Waals surface area contributed by atoms with E-state index in [9.17, 15) is 0 Å². The number of rotatable bonds is 2. The van der Waals surface area contributed by atoms with E-state index >= 15 is 0 Å². The van der Waals surface area contributed by atoms with Gasteiger partial charge in [0.15, 0.2) is 0 Å². The number of nitrogens with two attached hydrogens (primary N) is 1. The number of aromatic nitrogens is 1. The van der Waals surface area contributed by atoms with E-state index in [1.165, 1.54) is 0 Å². The van der Waals surface area contributed by atoms with E-state index in [1.807, 2.05) is 38.1 Å². The number of nitriles is 1. The molecule has 1 heterocycles. The molecule has 2 aromatic rings. The first-order chi connectivity index (χ1) is 8.13. The molecule has 3 heteroatoms. The van der Waals surface area contributed by atoms with Crippen LogP contribution in [0.5, 0.6) is 0 Å². The predicted molar refractivity (Wildman–Crippen MR) is 69.0 cm³/mol. The number of aryl methyl sites for hydroxylation is 1. The Morgan fingerprint density at radius 2 is 1.88 bits per heavy atom. The largest absolute Gasteiger partial charge is 0.399 e. The summed E-state index contributed by atoms with van der Waals surface area (Å²) in [5.41, 5.74) is 10.9. The maximum atomic E-state index is 8.78. The Balaban J connectivity index is 2.52. The predicted octanol–water partition coefficient (Wildman–Crippen LogP) is 2.74. The van der Waals surface area contributed by atoms with Gasteiger partial charge in [-0.15, -0.1) is 0 Å². The molecule has 3 nitrogen and oxygen atoms in total. The fourth-order valence-corrected chi connectivity index (χ4v) is 2.11.